The van der Waals surface area contributed by atoms with E-state index in [2.05, 4.69) is 10.1 Å². The summed E-state index contributed by atoms with van der Waals surface area (Å²) in [5.41, 5.74) is 2.67. The van der Waals surface area contributed by atoms with Crippen molar-refractivity contribution in [3.05, 3.63) is 59.5 Å². The predicted molar refractivity (Wildman–Crippen MR) is 97.5 cm³/mol. The Labute approximate surface area is 156 Å². The third kappa shape index (κ3) is 4.44. The van der Waals surface area contributed by atoms with E-state index in [0.29, 0.717) is 17.3 Å². The zero-order chi connectivity index (χ0) is 19.2. The van der Waals surface area contributed by atoms with Gasteiger partial charge < -0.3 is 18.7 Å². The van der Waals surface area contributed by atoms with E-state index >= 15 is 0 Å². The van der Waals surface area contributed by atoms with Crippen LogP contribution in [-0.2, 0) is 22.6 Å². The lowest BCUT2D eigenvalue weighted by Gasteiger charge is -2.09. The fourth-order valence-corrected chi connectivity index (χ4v) is 2.60. The van der Waals surface area contributed by atoms with Gasteiger partial charge in [-0.05, 0) is 30.2 Å². The minimum absolute atomic E-state index is 0.0784. The van der Waals surface area contributed by atoms with E-state index in [1.54, 1.807) is 32.4 Å². The number of nitrogens with zero attached hydrogens (tertiary/aromatic N) is 2. The second kappa shape index (κ2) is 8.35. The van der Waals surface area contributed by atoms with Crippen LogP contribution in [0.25, 0.3) is 11.4 Å². The molecule has 0 aliphatic rings. The quantitative estimate of drug-likeness (QED) is 0.591. The molecule has 1 heterocycles. The van der Waals surface area contributed by atoms with Crippen LogP contribution in [0.1, 0.15) is 17.0 Å². The van der Waals surface area contributed by atoms with E-state index in [4.69, 9.17) is 18.7 Å². The molecule has 7 heteroatoms. The predicted octanol–water partition coefficient (Wildman–Crippen LogP) is 3.35. The fraction of sp³-hybridized carbons (Fsp3) is 0.250. The third-order valence-corrected chi connectivity index (χ3v) is 4.01. The highest BCUT2D eigenvalue weighted by Crippen LogP contribution is 2.27. The van der Waals surface area contributed by atoms with Crippen LogP contribution < -0.4 is 9.47 Å². The zero-order valence-corrected chi connectivity index (χ0v) is 15.4. The van der Waals surface area contributed by atoms with Gasteiger partial charge in [-0.25, -0.2) is 0 Å². The summed E-state index contributed by atoms with van der Waals surface area (Å²) in [5, 5.41) is 3.94. The Hall–Kier alpha value is -3.35. The van der Waals surface area contributed by atoms with Crippen LogP contribution >= 0.6 is 0 Å². The van der Waals surface area contributed by atoms with Crippen molar-refractivity contribution < 1.29 is 23.5 Å². The van der Waals surface area contributed by atoms with Gasteiger partial charge in [-0.15, -0.1) is 0 Å². The number of hydrogen-bond acceptors (Lipinski definition) is 7. The highest BCUT2D eigenvalue weighted by atomic mass is 16.6. The molecule has 0 radical (unpaired) electrons. The van der Waals surface area contributed by atoms with Crippen molar-refractivity contribution in [3.63, 3.8) is 0 Å². The molecule has 2 aromatic carbocycles. The first kappa shape index (κ1) is 18.4. The van der Waals surface area contributed by atoms with Crippen molar-refractivity contribution in [2.45, 2.75) is 20.0 Å². The number of methoxy groups -OCH3 is 2. The van der Waals surface area contributed by atoms with Gasteiger partial charge in [0.1, 0.15) is 0 Å². The summed E-state index contributed by atoms with van der Waals surface area (Å²) < 4.78 is 20.8. The monoisotopic (exact) mass is 368 g/mol. The van der Waals surface area contributed by atoms with Crippen LogP contribution in [0.3, 0.4) is 0 Å². The first-order valence-electron chi connectivity index (χ1n) is 8.36. The van der Waals surface area contributed by atoms with Crippen LogP contribution in [0, 0.1) is 6.92 Å². The van der Waals surface area contributed by atoms with E-state index in [1.807, 2.05) is 31.2 Å². The van der Waals surface area contributed by atoms with Gasteiger partial charge in [-0.1, -0.05) is 35.5 Å². The molecule has 0 saturated heterocycles. The molecule has 0 aliphatic heterocycles. The van der Waals surface area contributed by atoms with Gasteiger partial charge >= 0.3 is 5.97 Å². The maximum absolute atomic E-state index is 12.1. The number of carbonyl (C=O) groups is 1. The maximum atomic E-state index is 12.1. The van der Waals surface area contributed by atoms with E-state index in [1.165, 1.54) is 0 Å². The smallest absolute Gasteiger partial charge is 0.310 e. The van der Waals surface area contributed by atoms with Crippen LogP contribution in [-0.4, -0.2) is 30.3 Å². The van der Waals surface area contributed by atoms with Crippen molar-refractivity contribution >= 4 is 5.97 Å². The largest absolute Gasteiger partial charge is 0.493 e. The Morgan fingerprint density at radius 1 is 1.07 bits per heavy atom. The number of hydrogen-bond donors (Lipinski definition) is 0. The van der Waals surface area contributed by atoms with Gasteiger partial charge in [-0.3, -0.25) is 4.79 Å². The summed E-state index contributed by atoms with van der Waals surface area (Å²) in [5.74, 6) is 1.47. The summed E-state index contributed by atoms with van der Waals surface area (Å²) in [6.45, 7) is 1.89. The number of aryl methyl sites for hydroxylation is 1. The Kier molecular flexibility index (Phi) is 5.71. The average Bonchev–Trinajstić information content (AvgIpc) is 3.15. The molecule has 0 spiro atoms. The van der Waals surface area contributed by atoms with Crippen LogP contribution in [0.15, 0.2) is 47.0 Å². The minimum atomic E-state index is -0.405. The topological polar surface area (TPSA) is 83.7 Å². The first-order chi connectivity index (χ1) is 13.1. The molecule has 3 rings (SSSR count). The zero-order valence-electron chi connectivity index (χ0n) is 15.4. The normalized spacial score (nSPS) is 10.5. The SMILES string of the molecule is COc1ccc(CC(=O)OCc2nc(-c3ccccc3C)no2)cc1OC. The lowest BCUT2D eigenvalue weighted by atomic mass is 10.1. The molecule has 0 bridgehead atoms. The molecular formula is C20H20N2O5. The Morgan fingerprint density at radius 2 is 1.85 bits per heavy atom. The summed E-state index contributed by atoms with van der Waals surface area (Å²) in [7, 11) is 3.10. The van der Waals surface area contributed by atoms with E-state index in [9.17, 15) is 4.79 Å². The number of ether oxygens (including phenoxy) is 3. The fourth-order valence-electron chi connectivity index (χ4n) is 2.60. The summed E-state index contributed by atoms with van der Waals surface area (Å²) >= 11 is 0. The van der Waals surface area contributed by atoms with Crippen molar-refractivity contribution in [2.75, 3.05) is 14.2 Å². The van der Waals surface area contributed by atoms with Gasteiger partial charge in [0, 0.05) is 5.56 Å². The molecule has 7 nitrogen and oxygen atoms in total. The van der Waals surface area contributed by atoms with Crippen molar-refractivity contribution in [3.8, 4) is 22.9 Å². The van der Waals surface area contributed by atoms with E-state index < -0.39 is 5.97 Å². The highest BCUT2D eigenvalue weighted by molar-refractivity contribution is 5.73. The molecule has 3 aromatic rings. The summed E-state index contributed by atoms with van der Waals surface area (Å²) in [6, 6.07) is 13.0. The molecule has 0 N–H and O–H groups in total. The maximum Gasteiger partial charge on any atom is 0.310 e. The van der Waals surface area contributed by atoms with Crippen LogP contribution in [0.4, 0.5) is 0 Å². The molecule has 0 aliphatic carbocycles. The second-order valence-corrected chi connectivity index (χ2v) is 5.85. The molecular weight excluding hydrogens is 348 g/mol. The second-order valence-electron chi connectivity index (χ2n) is 5.85. The van der Waals surface area contributed by atoms with Gasteiger partial charge in [0.25, 0.3) is 5.89 Å². The Balaban J connectivity index is 1.59. The molecule has 0 atom stereocenters. The molecule has 27 heavy (non-hydrogen) atoms. The van der Waals surface area contributed by atoms with Gasteiger partial charge in [0.05, 0.1) is 20.6 Å². The highest BCUT2D eigenvalue weighted by Gasteiger charge is 2.14. The Morgan fingerprint density at radius 3 is 2.59 bits per heavy atom. The number of benzene rings is 2. The molecule has 0 amide bonds. The Bertz CT molecular complexity index is 936. The van der Waals surface area contributed by atoms with Crippen molar-refractivity contribution in [2.24, 2.45) is 0 Å². The first-order valence-corrected chi connectivity index (χ1v) is 8.36. The molecule has 140 valence electrons. The average molecular weight is 368 g/mol. The summed E-state index contributed by atoms with van der Waals surface area (Å²) in [4.78, 5) is 16.4. The lowest BCUT2D eigenvalue weighted by molar-refractivity contribution is -0.144. The van der Waals surface area contributed by atoms with E-state index in [0.717, 1.165) is 16.7 Å². The van der Waals surface area contributed by atoms with Crippen LogP contribution in [0.2, 0.25) is 0 Å². The molecule has 0 fully saturated rings. The lowest BCUT2D eigenvalue weighted by Crippen LogP contribution is -2.08. The van der Waals surface area contributed by atoms with Crippen molar-refractivity contribution in [1.29, 1.82) is 0 Å². The van der Waals surface area contributed by atoms with E-state index in [-0.39, 0.29) is 18.9 Å². The number of carbonyl (C=O) groups excluding carboxylic acids is 1. The number of rotatable bonds is 7. The van der Waals surface area contributed by atoms with Crippen LogP contribution in [0.5, 0.6) is 11.5 Å². The van der Waals surface area contributed by atoms with Gasteiger partial charge in [0.2, 0.25) is 5.82 Å². The number of esters is 1. The molecule has 1 aromatic heterocycles. The minimum Gasteiger partial charge on any atom is -0.493 e. The van der Waals surface area contributed by atoms with Gasteiger partial charge in [0.15, 0.2) is 18.1 Å². The van der Waals surface area contributed by atoms with Gasteiger partial charge in [-0.2, -0.15) is 4.98 Å². The standard InChI is InChI=1S/C20H20N2O5/c1-13-6-4-5-7-15(13)20-21-18(27-22-20)12-26-19(23)11-14-8-9-16(24-2)17(10-14)25-3/h4-10H,11-12H2,1-3H3. The molecule has 0 unspecified atom stereocenters. The summed E-state index contributed by atoms with van der Waals surface area (Å²) in [6.07, 6.45) is 0.0964. The number of aromatic nitrogens is 2. The van der Waals surface area contributed by atoms with Crippen molar-refractivity contribution in [1.82, 2.24) is 10.1 Å². The third-order valence-electron chi connectivity index (χ3n) is 4.01. The molecule has 0 saturated carbocycles.